The highest BCUT2D eigenvalue weighted by atomic mass is 16.3. The predicted molar refractivity (Wildman–Crippen MR) is 101 cm³/mol. The number of carbonyl (C=O) groups excluding carboxylic acids is 2. The first-order valence-electron chi connectivity index (χ1n) is 10.1. The number of likely N-dealkylation sites (tertiary alicyclic amines) is 2. The van der Waals surface area contributed by atoms with Crippen molar-refractivity contribution in [1.82, 2.24) is 20.4 Å². The van der Waals surface area contributed by atoms with Crippen LogP contribution in [0.2, 0.25) is 0 Å². The van der Waals surface area contributed by atoms with Crippen molar-refractivity contribution in [3.05, 3.63) is 24.2 Å². The molecule has 3 fully saturated rings. The van der Waals surface area contributed by atoms with Crippen LogP contribution >= 0.6 is 0 Å². The molecular formula is C20H30N4O3. The Labute approximate surface area is 160 Å². The molecule has 0 aromatic carbocycles. The summed E-state index contributed by atoms with van der Waals surface area (Å²) in [4.78, 5) is 29.3. The van der Waals surface area contributed by atoms with E-state index < -0.39 is 0 Å². The Kier molecular flexibility index (Phi) is 5.23. The van der Waals surface area contributed by atoms with Gasteiger partial charge in [-0.15, -0.1) is 0 Å². The monoisotopic (exact) mass is 374 g/mol. The van der Waals surface area contributed by atoms with Crippen molar-refractivity contribution < 1.29 is 14.0 Å². The molecule has 148 valence electrons. The molecule has 4 heterocycles. The first kappa shape index (κ1) is 18.5. The minimum Gasteiger partial charge on any atom is -0.459 e. The first-order chi connectivity index (χ1) is 13.1. The highest BCUT2D eigenvalue weighted by Gasteiger charge is 2.45. The fourth-order valence-electron chi connectivity index (χ4n) is 4.96. The third kappa shape index (κ3) is 3.89. The third-order valence-electron chi connectivity index (χ3n) is 6.57. The maximum atomic E-state index is 12.9. The molecule has 0 saturated carbocycles. The highest BCUT2D eigenvalue weighted by molar-refractivity contribution is 5.91. The van der Waals surface area contributed by atoms with Crippen molar-refractivity contribution in [2.75, 3.05) is 39.8 Å². The van der Waals surface area contributed by atoms with Crippen LogP contribution in [0.4, 0.5) is 0 Å². The van der Waals surface area contributed by atoms with E-state index in [0.29, 0.717) is 24.3 Å². The van der Waals surface area contributed by atoms with E-state index in [1.165, 1.54) is 6.26 Å². The molecule has 7 nitrogen and oxygen atoms in total. The molecule has 3 saturated heterocycles. The Morgan fingerprint density at radius 1 is 1.26 bits per heavy atom. The molecule has 1 spiro atoms. The van der Waals surface area contributed by atoms with Crippen molar-refractivity contribution in [3.8, 4) is 0 Å². The minimum absolute atomic E-state index is 0.0223. The Bertz CT molecular complexity index is 661. The summed E-state index contributed by atoms with van der Waals surface area (Å²) in [6.45, 7) is 4.44. The van der Waals surface area contributed by atoms with E-state index in [0.717, 1.165) is 51.7 Å². The zero-order valence-electron chi connectivity index (χ0n) is 16.1. The van der Waals surface area contributed by atoms with Gasteiger partial charge in [0.15, 0.2) is 5.76 Å². The lowest BCUT2D eigenvalue weighted by molar-refractivity contribution is -0.126. The van der Waals surface area contributed by atoms with Gasteiger partial charge < -0.3 is 20.0 Å². The van der Waals surface area contributed by atoms with Gasteiger partial charge in [0, 0.05) is 25.7 Å². The number of furan rings is 1. The molecule has 4 rings (SSSR count). The molecule has 0 aliphatic carbocycles. The summed E-state index contributed by atoms with van der Waals surface area (Å²) >= 11 is 0. The number of hydrogen-bond acceptors (Lipinski definition) is 5. The van der Waals surface area contributed by atoms with E-state index in [-0.39, 0.29) is 23.9 Å². The van der Waals surface area contributed by atoms with Crippen LogP contribution in [0.1, 0.15) is 42.7 Å². The summed E-state index contributed by atoms with van der Waals surface area (Å²) in [5.74, 6) is 0.481. The quantitative estimate of drug-likeness (QED) is 0.828. The Morgan fingerprint density at radius 3 is 2.67 bits per heavy atom. The maximum absolute atomic E-state index is 12.9. The molecule has 0 bridgehead atoms. The van der Waals surface area contributed by atoms with Crippen LogP contribution in [0.25, 0.3) is 0 Å². The van der Waals surface area contributed by atoms with Gasteiger partial charge in [0.05, 0.1) is 12.3 Å². The van der Waals surface area contributed by atoms with E-state index in [1.807, 2.05) is 4.90 Å². The Hall–Kier alpha value is -1.86. The molecule has 3 aliphatic rings. The maximum Gasteiger partial charge on any atom is 0.289 e. The van der Waals surface area contributed by atoms with Gasteiger partial charge in [-0.05, 0) is 69.8 Å². The summed E-state index contributed by atoms with van der Waals surface area (Å²) in [7, 11) is 2.08. The van der Waals surface area contributed by atoms with Crippen molar-refractivity contribution in [2.24, 2.45) is 5.41 Å². The molecule has 2 N–H and O–H groups in total. The molecule has 1 aromatic heterocycles. The molecule has 3 aliphatic heterocycles. The molecule has 27 heavy (non-hydrogen) atoms. The number of nitrogens with one attached hydrogen (secondary N) is 2. The van der Waals surface area contributed by atoms with Crippen LogP contribution < -0.4 is 10.6 Å². The van der Waals surface area contributed by atoms with E-state index >= 15 is 0 Å². The van der Waals surface area contributed by atoms with Gasteiger partial charge in [0.25, 0.3) is 5.91 Å². The predicted octanol–water partition coefficient (Wildman–Crippen LogP) is 1.07. The molecule has 2 amide bonds. The largest absolute Gasteiger partial charge is 0.459 e. The zero-order valence-corrected chi connectivity index (χ0v) is 16.1. The van der Waals surface area contributed by atoms with Crippen LogP contribution in [-0.4, -0.2) is 73.5 Å². The molecule has 1 atom stereocenters. The average Bonchev–Trinajstić information content (AvgIpc) is 3.31. The topological polar surface area (TPSA) is 77.8 Å². The smallest absolute Gasteiger partial charge is 0.289 e. The summed E-state index contributed by atoms with van der Waals surface area (Å²) in [5, 5.41) is 6.68. The molecular weight excluding hydrogens is 344 g/mol. The average molecular weight is 374 g/mol. The Morgan fingerprint density at radius 2 is 2.00 bits per heavy atom. The van der Waals surface area contributed by atoms with Crippen molar-refractivity contribution in [1.29, 1.82) is 0 Å². The second-order valence-corrected chi connectivity index (χ2v) is 8.44. The summed E-state index contributed by atoms with van der Waals surface area (Å²) in [6, 6.07) is 3.55. The molecule has 0 radical (unpaired) electrons. The van der Waals surface area contributed by atoms with Crippen LogP contribution in [0.5, 0.6) is 0 Å². The van der Waals surface area contributed by atoms with Gasteiger partial charge in [0.2, 0.25) is 5.91 Å². The summed E-state index contributed by atoms with van der Waals surface area (Å²) < 4.78 is 5.20. The lowest BCUT2D eigenvalue weighted by Gasteiger charge is -2.33. The number of hydrogen-bond donors (Lipinski definition) is 2. The van der Waals surface area contributed by atoms with Crippen LogP contribution in [0.3, 0.4) is 0 Å². The second kappa shape index (κ2) is 7.64. The van der Waals surface area contributed by atoms with Crippen LogP contribution in [0, 0.1) is 5.41 Å². The lowest BCUT2D eigenvalue weighted by atomic mass is 9.77. The number of carbonyl (C=O) groups is 2. The fourth-order valence-corrected chi connectivity index (χ4v) is 4.96. The van der Waals surface area contributed by atoms with E-state index in [2.05, 4.69) is 22.6 Å². The standard InChI is InChI=1S/C20H30N4O3/c1-23-14-20(6-8-21-9-7-20)13-16(23)18(25)22-15-4-10-24(11-5-15)19(26)17-3-2-12-27-17/h2-3,12,15-16,21H,4-11,13-14H2,1H3,(H,22,25)/t16-/m1/s1. The van der Waals surface area contributed by atoms with Gasteiger partial charge in [0.1, 0.15) is 0 Å². The van der Waals surface area contributed by atoms with E-state index in [1.54, 1.807) is 12.1 Å². The van der Waals surface area contributed by atoms with Crippen molar-refractivity contribution >= 4 is 11.8 Å². The van der Waals surface area contributed by atoms with Gasteiger partial charge in [-0.3, -0.25) is 14.5 Å². The zero-order chi connectivity index (χ0) is 18.9. The van der Waals surface area contributed by atoms with E-state index in [4.69, 9.17) is 4.42 Å². The number of likely N-dealkylation sites (N-methyl/N-ethyl adjacent to an activating group) is 1. The Balaban J connectivity index is 1.28. The molecule has 7 heteroatoms. The molecule has 0 unspecified atom stereocenters. The van der Waals surface area contributed by atoms with Crippen LogP contribution in [0.15, 0.2) is 22.8 Å². The SMILES string of the molecule is CN1CC2(CCNCC2)C[C@@H]1C(=O)NC1CCN(C(=O)c2ccco2)CC1. The summed E-state index contributed by atoms with van der Waals surface area (Å²) in [5.41, 5.74) is 0.306. The normalized spacial score (nSPS) is 26.4. The molecule has 1 aromatic rings. The number of piperidine rings is 2. The number of nitrogens with zero attached hydrogens (tertiary/aromatic N) is 2. The second-order valence-electron chi connectivity index (χ2n) is 8.44. The van der Waals surface area contributed by atoms with Crippen molar-refractivity contribution in [3.63, 3.8) is 0 Å². The number of rotatable bonds is 3. The summed E-state index contributed by atoms with van der Waals surface area (Å²) in [6.07, 6.45) is 6.40. The number of amides is 2. The lowest BCUT2D eigenvalue weighted by Crippen LogP contribution is -2.50. The fraction of sp³-hybridized carbons (Fsp3) is 0.700. The first-order valence-corrected chi connectivity index (χ1v) is 10.1. The van der Waals surface area contributed by atoms with Gasteiger partial charge in [-0.25, -0.2) is 0 Å². The van der Waals surface area contributed by atoms with Crippen LogP contribution in [-0.2, 0) is 4.79 Å². The van der Waals surface area contributed by atoms with Crippen molar-refractivity contribution in [2.45, 2.75) is 44.2 Å². The van der Waals surface area contributed by atoms with Gasteiger partial charge in [-0.2, -0.15) is 0 Å². The van der Waals surface area contributed by atoms with E-state index in [9.17, 15) is 9.59 Å². The van der Waals surface area contributed by atoms with Gasteiger partial charge >= 0.3 is 0 Å². The highest BCUT2D eigenvalue weighted by Crippen LogP contribution is 2.41. The third-order valence-corrected chi connectivity index (χ3v) is 6.57. The van der Waals surface area contributed by atoms with Gasteiger partial charge in [-0.1, -0.05) is 0 Å². The minimum atomic E-state index is -0.0619.